The summed E-state index contributed by atoms with van der Waals surface area (Å²) >= 11 is 5.93. The van der Waals surface area contributed by atoms with Gasteiger partial charge in [0, 0.05) is 30.1 Å². The first-order chi connectivity index (χ1) is 12.1. The molecule has 2 aliphatic rings. The van der Waals surface area contributed by atoms with Crippen LogP contribution in [0.5, 0.6) is 0 Å². The molecule has 1 unspecified atom stereocenters. The highest BCUT2D eigenvalue weighted by Gasteiger charge is 2.32. The first-order valence-corrected chi connectivity index (χ1v) is 8.90. The average molecular weight is 359 g/mol. The zero-order valence-corrected chi connectivity index (χ0v) is 14.5. The number of amides is 2. The SMILES string of the molecule is O=C1Nc2c(-c3ccc(Cl)cc3)cnn2CC1CC(=O)N1CCCC1. The van der Waals surface area contributed by atoms with Crippen molar-refractivity contribution in [3.63, 3.8) is 0 Å². The van der Waals surface area contributed by atoms with E-state index < -0.39 is 0 Å². The normalized spacial score (nSPS) is 19.6. The number of halogens is 1. The molecule has 1 atom stereocenters. The maximum absolute atomic E-state index is 12.5. The lowest BCUT2D eigenvalue weighted by Gasteiger charge is -2.25. The zero-order chi connectivity index (χ0) is 17.4. The van der Waals surface area contributed by atoms with Crippen LogP contribution in [0.2, 0.25) is 5.02 Å². The Morgan fingerprint density at radius 3 is 2.68 bits per heavy atom. The minimum atomic E-state index is -0.376. The highest BCUT2D eigenvalue weighted by Crippen LogP contribution is 2.32. The highest BCUT2D eigenvalue weighted by molar-refractivity contribution is 6.30. The third-order valence-corrected chi connectivity index (χ3v) is 5.13. The number of fused-ring (bicyclic) bond motifs is 1. The van der Waals surface area contributed by atoms with E-state index in [0.717, 1.165) is 37.1 Å². The summed E-state index contributed by atoms with van der Waals surface area (Å²) in [6, 6.07) is 7.41. The number of benzene rings is 1. The first kappa shape index (κ1) is 16.1. The van der Waals surface area contributed by atoms with Gasteiger partial charge in [-0.2, -0.15) is 5.10 Å². The van der Waals surface area contributed by atoms with Gasteiger partial charge >= 0.3 is 0 Å². The van der Waals surface area contributed by atoms with Crippen molar-refractivity contribution < 1.29 is 9.59 Å². The molecule has 1 saturated heterocycles. The van der Waals surface area contributed by atoms with Crippen molar-refractivity contribution in [2.24, 2.45) is 5.92 Å². The molecule has 1 fully saturated rings. The molecule has 6 nitrogen and oxygen atoms in total. The highest BCUT2D eigenvalue weighted by atomic mass is 35.5. The van der Waals surface area contributed by atoms with Crippen molar-refractivity contribution in [3.05, 3.63) is 35.5 Å². The van der Waals surface area contributed by atoms with Gasteiger partial charge in [-0.1, -0.05) is 23.7 Å². The number of hydrogen-bond donors (Lipinski definition) is 1. The molecule has 2 aliphatic heterocycles. The summed E-state index contributed by atoms with van der Waals surface area (Å²) in [5.41, 5.74) is 1.80. The molecule has 0 radical (unpaired) electrons. The van der Waals surface area contributed by atoms with Gasteiger partial charge in [0.25, 0.3) is 0 Å². The zero-order valence-electron chi connectivity index (χ0n) is 13.7. The Labute approximate surface area is 150 Å². The number of carbonyl (C=O) groups excluding carboxylic acids is 2. The second-order valence-electron chi connectivity index (χ2n) is 6.57. The Morgan fingerprint density at radius 2 is 1.96 bits per heavy atom. The first-order valence-electron chi connectivity index (χ1n) is 8.52. The van der Waals surface area contributed by atoms with Crippen LogP contribution in [0, 0.1) is 5.92 Å². The molecule has 25 heavy (non-hydrogen) atoms. The molecule has 4 rings (SSSR count). The van der Waals surface area contributed by atoms with Crippen molar-refractivity contribution >= 4 is 29.2 Å². The van der Waals surface area contributed by atoms with Gasteiger partial charge in [-0.05, 0) is 30.5 Å². The summed E-state index contributed by atoms with van der Waals surface area (Å²) in [4.78, 5) is 26.7. The minimum absolute atomic E-state index is 0.0613. The van der Waals surface area contributed by atoms with E-state index in [2.05, 4.69) is 10.4 Å². The van der Waals surface area contributed by atoms with Crippen molar-refractivity contribution in [1.82, 2.24) is 14.7 Å². The molecule has 1 N–H and O–H groups in total. The Morgan fingerprint density at radius 1 is 1.24 bits per heavy atom. The number of rotatable bonds is 3. The fourth-order valence-corrected chi connectivity index (χ4v) is 3.60. The summed E-state index contributed by atoms with van der Waals surface area (Å²) < 4.78 is 1.77. The smallest absolute Gasteiger partial charge is 0.231 e. The average Bonchev–Trinajstić information content (AvgIpc) is 3.26. The molecule has 2 aromatic rings. The quantitative estimate of drug-likeness (QED) is 0.917. The van der Waals surface area contributed by atoms with Crippen LogP contribution >= 0.6 is 11.6 Å². The topological polar surface area (TPSA) is 67.2 Å². The molecule has 2 amide bonds. The second-order valence-corrected chi connectivity index (χ2v) is 7.01. The van der Waals surface area contributed by atoms with Crippen LogP contribution in [0.15, 0.2) is 30.5 Å². The van der Waals surface area contributed by atoms with Gasteiger partial charge in [-0.3, -0.25) is 9.59 Å². The molecule has 0 aliphatic carbocycles. The number of nitrogens with one attached hydrogen (secondary N) is 1. The lowest BCUT2D eigenvalue weighted by atomic mass is 10.0. The molecule has 1 aromatic heterocycles. The number of aromatic nitrogens is 2. The van der Waals surface area contributed by atoms with Crippen LogP contribution in [0.25, 0.3) is 11.1 Å². The lowest BCUT2D eigenvalue weighted by molar-refractivity contribution is -0.134. The predicted molar refractivity (Wildman–Crippen MR) is 95.2 cm³/mol. The van der Waals surface area contributed by atoms with Gasteiger partial charge in [-0.15, -0.1) is 0 Å². The van der Waals surface area contributed by atoms with Crippen LogP contribution in [0.3, 0.4) is 0 Å². The fraction of sp³-hybridized carbons (Fsp3) is 0.389. The van der Waals surface area contributed by atoms with Crippen LogP contribution in [0.1, 0.15) is 19.3 Å². The van der Waals surface area contributed by atoms with Crippen molar-refractivity contribution in [3.8, 4) is 11.1 Å². The largest absolute Gasteiger partial charge is 0.343 e. The third kappa shape index (κ3) is 3.14. The maximum atomic E-state index is 12.5. The molecule has 3 heterocycles. The van der Waals surface area contributed by atoms with E-state index in [1.54, 1.807) is 10.9 Å². The Balaban J connectivity index is 1.52. The number of carbonyl (C=O) groups is 2. The predicted octanol–water partition coefficient (Wildman–Crippen LogP) is 2.78. The summed E-state index contributed by atoms with van der Waals surface area (Å²) in [6.45, 7) is 2.04. The fourth-order valence-electron chi connectivity index (χ4n) is 3.47. The van der Waals surface area contributed by atoms with Gasteiger partial charge in [0.15, 0.2) is 0 Å². The number of nitrogens with zero attached hydrogens (tertiary/aromatic N) is 3. The molecule has 0 bridgehead atoms. The van der Waals surface area contributed by atoms with Crippen LogP contribution in [-0.4, -0.2) is 39.6 Å². The van der Waals surface area contributed by atoms with E-state index in [9.17, 15) is 9.59 Å². The minimum Gasteiger partial charge on any atom is -0.343 e. The van der Waals surface area contributed by atoms with E-state index in [1.807, 2.05) is 29.2 Å². The second kappa shape index (κ2) is 6.52. The Hall–Kier alpha value is -2.34. The standard InChI is InChI=1S/C18H19ClN4O2/c19-14-5-3-12(4-6-14)15-10-20-23-11-13(18(25)21-17(15)23)9-16(24)22-7-1-2-8-22/h3-6,10,13H,1-2,7-9,11H2,(H,21,25). The summed E-state index contributed by atoms with van der Waals surface area (Å²) in [6.07, 6.45) is 4.08. The van der Waals surface area contributed by atoms with E-state index in [4.69, 9.17) is 11.6 Å². The van der Waals surface area contributed by atoms with E-state index in [-0.39, 0.29) is 24.2 Å². The molecule has 0 spiro atoms. The lowest BCUT2D eigenvalue weighted by Crippen LogP contribution is -2.38. The Bertz CT molecular complexity index is 809. The molecule has 0 saturated carbocycles. The summed E-state index contributed by atoms with van der Waals surface area (Å²) in [5, 5.41) is 7.98. The van der Waals surface area contributed by atoms with Gasteiger partial charge in [0.05, 0.1) is 18.7 Å². The number of likely N-dealkylation sites (tertiary alicyclic amines) is 1. The van der Waals surface area contributed by atoms with Crippen LogP contribution in [-0.2, 0) is 16.1 Å². The van der Waals surface area contributed by atoms with E-state index in [0.29, 0.717) is 17.4 Å². The number of hydrogen-bond acceptors (Lipinski definition) is 3. The van der Waals surface area contributed by atoms with Gasteiger partial charge < -0.3 is 10.2 Å². The van der Waals surface area contributed by atoms with Crippen molar-refractivity contribution in [2.45, 2.75) is 25.8 Å². The van der Waals surface area contributed by atoms with Crippen LogP contribution < -0.4 is 5.32 Å². The van der Waals surface area contributed by atoms with Crippen molar-refractivity contribution in [1.29, 1.82) is 0 Å². The summed E-state index contributed by atoms with van der Waals surface area (Å²) in [7, 11) is 0. The van der Waals surface area contributed by atoms with Crippen LogP contribution in [0.4, 0.5) is 5.82 Å². The monoisotopic (exact) mass is 358 g/mol. The molecular formula is C18H19ClN4O2. The van der Waals surface area contributed by atoms with E-state index in [1.165, 1.54) is 0 Å². The third-order valence-electron chi connectivity index (χ3n) is 4.88. The number of anilines is 1. The Kier molecular flexibility index (Phi) is 4.21. The van der Waals surface area contributed by atoms with E-state index >= 15 is 0 Å². The van der Waals surface area contributed by atoms with Gasteiger partial charge in [0.1, 0.15) is 5.82 Å². The van der Waals surface area contributed by atoms with Gasteiger partial charge in [0.2, 0.25) is 11.8 Å². The maximum Gasteiger partial charge on any atom is 0.231 e. The van der Waals surface area contributed by atoms with Crippen molar-refractivity contribution in [2.75, 3.05) is 18.4 Å². The molecule has 1 aromatic carbocycles. The molecule has 130 valence electrons. The van der Waals surface area contributed by atoms with Gasteiger partial charge in [-0.25, -0.2) is 4.68 Å². The molecule has 7 heteroatoms. The summed E-state index contributed by atoms with van der Waals surface area (Å²) in [5.74, 6) is 0.248. The molecular weight excluding hydrogens is 340 g/mol.